The van der Waals surface area contributed by atoms with Crippen LogP contribution in [0.25, 0.3) is 0 Å². The van der Waals surface area contributed by atoms with Crippen LogP contribution < -0.4 is 10.9 Å². The Bertz CT molecular complexity index is 178. The molecule has 0 aliphatic heterocycles. The number of hydrazine groups is 1. The van der Waals surface area contributed by atoms with Crippen molar-refractivity contribution in [3.8, 4) is 0 Å². The van der Waals surface area contributed by atoms with Crippen molar-refractivity contribution in [1.29, 1.82) is 0 Å². The largest absolute Gasteiger partial charge is 0.464 e. The van der Waals surface area contributed by atoms with Crippen molar-refractivity contribution in [1.82, 2.24) is 10.9 Å². The Morgan fingerprint density at radius 3 is 2.92 bits per heavy atom. The lowest BCUT2D eigenvalue weighted by molar-refractivity contribution is 0.183. The average Bonchev–Trinajstić information content (AvgIpc) is 2.15. The number of amides is 1. The van der Waals surface area contributed by atoms with Crippen LogP contribution in [0.15, 0.2) is 0 Å². The predicted molar refractivity (Wildman–Crippen MR) is 53.9 cm³/mol. The van der Waals surface area contributed by atoms with Gasteiger partial charge in [-0.2, -0.15) is 11.8 Å². The van der Waals surface area contributed by atoms with Crippen LogP contribution in [0.2, 0.25) is 0 Å². The standard InChI is InChI=1S/C8H16N2O2S/c1-13-7-4-2-3-6(5-7)9-10-8(11)12/h6-7,9-10H,2-5H2,1H3,(H,11,12). The summed E-state index contributed by atoms with van der Waals surface area (Å²) in [5.74, 6) is 0. The van der Waals surface area contributed by atoms with E-state index in [4.69, 9.17) is 5.11 Å². The van der Waals surface area contributed by atoms with E-state index in [1.54, 1.807) is 0 Å². The third-order valence-electron chi connectivity index (χ3n) is 2.34. The minimum absolute atomic E-state index is 0.308. The van der Waals surface area contributed by atoms with Crippen molar-refractivity contribution in [2.45, 2.75) is 37.0 Å². The van der Waals surface area contributed by atoms with Crippen molar-refractivity contribution in [3.63, 3.8) is 0 Å². The lowest BCUT2D eigenvalue weighted by Gasteiger charge is -2.28. The van der Waals surface area contributed by atoms with Gasteiger partial charge in [0.05, 0.1) is 0 Å². The van der Waals surface area contributed by atoms with Crippen LogP contribution in [0.1, 0.15) is 25.7 Å². The molecular formula is C8H16N2O2S. The van der Waals surface area contributed by atoms with E-state index in [0.29, 0.717) is 11.3 Å². The van der Waals surface area contributed by atoms with Gasteiger partial charge < -0.3 is 5.11 Å². The van der Waals surface area contributed by atoms with Gasteiger partial charge in [0.1, 0.15) is 0 Å². The maximum Gasteiger partial charge on any atom is 0.419 e. The van der Waals surface area contributed by atoms with Gasteiger partial charge in [0, 0.05) is 11.3 Å². The number of hydrogen-bond donors (Lipinski definition) is 3. The summed E-state index contributed by atoms with van der Waals surface area (Å²) in [5, 5.41) is 9.07. The summed E-state index contributed by atoms with van der Waals surface area (Å²) in [4.78, 5) is 10.2. The molecule has 0 spiro atoms. The SMILES string of the molecule is CSC1CCCC(NNC(=O)O)C1. The number of hydrogen-bond acceptors (Lipinski definition) is 3. The third-order valence-corrected chi connectivity index (χ3v) is 3.44. The monoisotopic (exact) mass is 204 g/mol. The van der Waals surface area contributed by atoms with Gasteiger partial charge in [-0.1, -0.05) is 6.42 Å². The Hall–Kier alpha value is -0.420. The van der Waals surface area contributed by atoms with Crippen LogP contribution in [0, 0.1) is 0 Å². The summed E-state index contributed by atoms with van der Waals surface area (Å²) >= 11 is 1.87. The molecule has 0 bridgehead atoms. The van der Waals surface area contributed by atoms with E-state index in [9.17, 15) is 4.79 Å². The number of carboxylic acid groups (broad SMARTS) is 1. The Morgan fingerprint density at radius 1 is 1.54 bits per heavy atom. The summed E-state index contributed by atoms with van der Waals surface area (Å²) in [6.07, 6.45) is 5.67. The van der Waals surface area contributed by atoms with Gasteiger partial charge in [0.25, 0.3) is 0 Å². The van der Waals surface area contributed by atoms with Crippen LogP contribution >= 0.6 is 11.8 Å². The van der Waals surface area contributed by atoms with E-state index in [0.717, 1.165) is 12.8 Å². The molecule has 0 saturated heterocycles. The second kappa shape index (κ2) is 5.34. The van der Waals surface area contributed by atoms with Crippen LogP contribution in [0.4, 0.5) is 4.79 Å². The molecule has 0 aromatic rings. The molecule has 1 saturated carbocycles. The van der Waals surface area contributed by atoms with Crippen LogP contribution in [0.5, 0.6) is 0 Å². The minimum Gasteiger partial charge on any atom is -0.464 e. The van der Waals surface area contributed by atoms with Gasteiger partial charge in [0.15, 0.2) is 0 Å². The lowest BCUT2D eigenvalue weighted by Crippen LogP contribution is -2.46. The first kappa shape index (κ1) is 10.7. The molecule has 0 aromatic heterocycles. The van der Waals surface area contributed by atoms with E-state index >= 15 is 0 Å². The van der Waals surface area contributed by atoms with Crippen molar-refractivity contribution in [2.24, 2.45) is 0 Å². The molecule has 1 aliphatic rings. The van der Waals surface area contributed by atoms with Crippen molar-refractivity contribution in [2.75, 3.05) is 6.26 Å². The normalized spacial score (nSPS) is 28.4. The molecule has 2 unspecified atom stereocenters. The molecule has 0 aromatic carbocycles. The third kappa shape index (κ3) is 3.87. The van der Waals surface area contributed by atoms with Gasteiger partial charge in [-0.25, -0.2) is 10.2 Å². The molecule has 1 amide bonds. The first-order chi connectivity index (χ1) is 6.22. The minimum atomic E-state index is -1.01. The molecule has 0 radical (unpaired) electrons. The molecule has 5 heteroatoms. The first-order valence-electron chi connectivity index (χ1n) is 4.49. The van der Waals surface area contributed by atoms with Gasteiger partial charge in [-0.05, 0) is 25.5 Å². The van der Waals surface area contributed by atoms with E-state index in [2.05, 4.69) is 17.1 Å². The first-order valence-corrected chi connectivity index (χ1v) is 5.78. The van der Waals surface area contributed by atoms with Gasteiger partial charge in [-0.3, -0.25) is 5.43 Å². The average molecular weight is 204 g/mol. The molecular weight excluding hydrogens is 188 g/mol. The Kier molecular flexibility index (Phi) is 4.38. The fraction of sp³-hybridized carbons (Fsp3) is 0.875. The van der Waals surface area contributed by atoms with Crippen molar-refractivity contribution < 1.29 is 9.90 Å². The zero-order valence-electron chi connectivity index (χ0n) is 7.75. The number of nitrogens with one attached hydrogen (secondary N) is 2. The second-order valence-electron chi connectivity index (χ2n) is 3.30. The topological polar surface area (TPSA) is 61.4 Å². The summed E-state index contributed by atoms with van der Waals surface area (Å²) < 4.78 is 0. The lowest BCUT2D eigenvalue weighted by atomic mass is 9.95. The number of carbonyl (C=O) groups is 1. The summed E-state index contributed by atoms with van der Waals surface area (Å²) in [6, 6.07) is 0.308. The molecule has 3 N–H and O–H groups in total. The summed E-state index contributed by atoms with van der Waals surface area (Å²) in [6.45, 7) is 0. The molecule has 13 heavy (non-hydrogen) atoms. The highest BCUT2D eigenvalue weighted by atomic mass is 32.2. The Morgan fingerprint density at radius 2 is 2.31 bits per heavy atom. The quantitative estimate of drug-likeness (QED) is 0.609. The summed E-state index contributed by atoms with van der Waals surface area (Å²) in [7, 11) is 0. The zero-order valence-corrected chi connectivity index (χ0v) is 8.56. The molecule has 76 valence electrons. The fourth-order valence-corrected chi connectivity index (χ4v) is 2.48. The Balaban J connectivity index is 2.21. The number of rotatable bonds is 3. The smallest absolute Gasteiger partial charge is 0.419 e. The predicted octanol–water partition coefficient (Wildman–Crippen LogP) is 1.43. The van der Waals surface area contributed by atoms with Gasteiger partial charge >= 0.3 is 6.09 Å². The van der Waals surface area contributed by atoms with Gasteiger partial charge in [0.2, 0.25) is 0 Å². The van der Waals surface area contributed by atoms with E-state index in [1.807, 2.05) is 11.8 Å². The molecule has 1 aliphatic carbocycles. The Labute approximate surface area is 82.4 Å². The van der Waals surface area contributed by atoms with Crippen molar-refractivity contribution >= 4 is 17.9 Å². The number of thioether (sulfide) groups is 1. The second-order valence-corrected chi connectivity index (χ2v) is 4.43. The molecule has 1 rings (SSSR count). The molecule has 1 fully saturated rings. The van der Waals surface area contributed by atoms with Gasteiger partial charge in [-0.15, -0.1) is 0 Å². The highest BCUT2D eigenvalue weighted by Crippen LogP contribution is 2.26. The van der Waals surface area contributed by atoms with Crippen molar-refractivity contribution in [3.05, 3.63) is 0 Å². The van der Waals surface area contributed by atoms with Crippen LogP contribution in [-0.2, 0) is 0 Å². The van der Waals surface area contributed by atoms with Crippen LogP contribution in [-0.4, -0.2) is 28.7 Å². The highest BCUT2D eigenvalue weighted by molar-refractivity contribution is 7.99. The molecule has 0 heterocycles. The van der Waals surface area contributed by atoms with E-state index in [1.165, 1.54) is 12.8 Å². The van der Waals surface area contributed by atoms with E-state index in [-0.39, 0.29) is 0 Å². The fourth-order valence-electron chi connectivity index (χ4n) is 1.65. The van der Waals surface area contributed by atoms with E-state index < -0.39 is 6.09 Å². The zero-order chi connectivity index (χ0) is 9.68. The van der Waals surface area contributed by atoms with Crippen LogP contribution in [0.3, 0.4) is 0 Å². The summed E-state index contributed by atoms with van der Waals surface area (Å²) in [5.41, 5.74) is 5.04. The molecule has 4 nitrogen and oxygen atoms in total. The maximum absolute atomic E-state index is 10.2. The highest BCUT2D eigenvalue weighted by Gasteiger charge is 2.20. The molecule has 2 atom stereocenters. The maximum atomic E-state index is 10.2.